The van der Waals surface area contributed by atoms with Crippen molar-refractivity contribution in [3.63, 3.8) is 0 Å². The maximum atomic E-state index is 12.0. The van der Waals surface area contributed by atoms with Gasteiger partial charge in [0.15, 0.2) is 12.1 Å². The summed E-state index contributed by atoms with van der Waals surface area (Å²) in [5.41, 5.74) is 2.36. The minimum absolute atomic E-state index is 0.195. The fourth-order valence-corrected chi connectivity index (χ4v) is 8.50. The molecular formula is C23H30O2S. The van der Waals surface area contributed by atoms with Crippen molar-refractivity contribution in [2.75, 3.05) is 0 Å². The first-order chi connectivity index (χ1) is 12.5. The van der Waals surface area contributed by atoms with Crippen molar-refractivity contribution in [1.82, 2.24) is 0 Å². The molecule has 5 aliphatic carbocycles. The fourth-order valence-electron chi connectivity index (χ4n) is 8.26. The lowest BCUT2D eigenvalue weighted by molar-refractivity contribution is -0.117. The molecule has 5 rings (SSSR count). The molecule has 3 heteroatoms. The normalized spacial score (nSPS) is 45.8. The fraction of sp³-hybridized carbons (Fsp3) is 0.783. The molecule has 0 aromatic heterocycles. The van der Waals surface area contributed by atoms with Gasteiger partial charge in [-0.3, -0.25) is 9.59 Å². The summed E-state index contributed by atoms with van der Waals surface area (Å²) in [5, 5.41) is 0. The average Bonchev–Trinajstić information content (AvgIpc) is 2.93. The number of hydrogen-bond acceptors (Lipinski definition) is 3. The molecule has 0 N–H and O–H groups in total. The first-order valence-corrected chi connectivity index (χ1v) is 11.1. The van der Waals surface area contributed by atoms with Gasteiger partial charge in [0.25, 0.3) is 0 Å². The maximum absolute atomic E-state index is 12.0. The Morgan fingerprint density at radius 1 is 1.19 bits per heavy atom. The number of carbonyl (C=O) groups excluding carboxylic acids is 2. The lowest BCUT2D eigenvalue weighted by Gasteiger charge is -2.61. The molecule has 26 heavy (non-hydrogen) atoms. The highest BCUT2D eigenvalue weighted by Crippen LogP contribution is 2.73. The summed E-state index contributed by atoms with van der Waals surface area (Å²) >= 11 is 5.58. The van der Waals surface area contributed by atoms with Gasteiger partial charge in [-0.15, -0.1) is 0 Å². The molecule has 0 heterocycles. The van der Waals surface area contributed by atoms with E-state index >= 15 is 0 Å². The van der Waals surface area contributed by atoms with Crippen LogP contribution in [0, 0.1) is 40.4 Å². The summed E-state index contributed by atoms with van der Waals surface area (Å²) in [7, 11) is 0. The summed E-state index contributed by atoms with van der Waals surface area (Å²) in [6.07, 6.45) is 15.1. The number of rotatable bonds is 2. The highest BCUT2D eigenvalue weighted by atomic mass is 32.1. The quantitative estimate of drug-likeness (QED) is 0.501. The van der Waals surface area contributed by atoms with E-state index in [1.165, 1.54) is 50.5 Å². The molecule has 0 amide bonds. The standard InChI is InChI=1S/C23H30O2S/c1-22-9-5-17-16-4-3-15(25)11-14(16)12-18(20(26)13-24)21(17)19(22)6-10-23(22)7-2-8-23/h11,13,16-19,21H,2-10,12H2,1H3/t16-,17+,18-,19-,21-,22-/m0/s1. The van der Waals surface area contributed by atoms with Crippen LogP contribution in [0.5, 0.6) is 0 Å². The van der Waals surface area contributed by atoms with Crippen LogP contribution in [0.3, 0.4) is 0 Å². The second-order valence-electron chi connectivity index (χ2n) is 10.1. The van der Waals surface area contributed by atoms with Crippen molar-refractivity contribution in [1.29, 1.82) is 0 Å². The summed E-state index contributed by atoms with van der Waals surface area (Å²) in [6, 6.07) is 0. The zero-order valence-corrected chi connectivity index (χ0v) is 16.7. The van der Waals surface area contributed by atoms with Crippen LogP contribution < -0.4 is 0 Å². The third kappa shape index (κ3) is 2.13. The Morgan fingerprint density at radius 2 is 2.00 bits per heavy atom. The van der Waals surface area contributed by atoms with E-state index in [1.807, 2.05) is 6.08 Å². The lowest BCUT2D eigenvalue weighted by Crippen LogP contribution is -2.54. The maximum Gasteiger partial charge on any atom is 0.157 e. The lowest BCUT2D eigenvalue weighted by atomic mass is 9.43. The molecule has 0 bridgehead atoms. The van der Waals surface area contributed by atoms with E-state index in [9.17, 15) is 9.59 Å². The van der Waals surface area contributed by atoms with Crippen molar-refractivity contribution in [2.45, 2.75) is 71.1 Å². The second kappa shape index (κ2) is 5.83. The van der Waals surface area contributed by atoms with Crippen LogP contribution in [0.15, 0.2) is 11.6 Å². The molecule has 0 radical (unpaired) electrons. The second-order valence-corrected chi connectivity index (χ2v) is 10.6. The number of carbonyl (C=O) groups is 2. The summed E-state index contributed by atoms with van der Waals surface area (Å²) in [6.45, 7) is 2.58. The van der Waals surface area contributed by atoms with Crippen molar-refractivity contribution < 1.29 is 9.59 Å². The van der Waals surface area contributed by atoms with Crippen molar-refractivity contribution >= 4 is 29.2 Å². The SMILES string of the molecule is C[C@]12CC[C@H]3[C@@H]([C@H](C(=S)C=O)CC4=CC(=O)CC[C@@H]43)[C@@H]1CCC21CCC1. The van der Waals surface area contributed by atoms with Crippen LogP contribution in [0.25, 0.3) is 0 Å². The minimum Gasteiger partial charge on any atom is -0.297 e. The van der Waals surface area contributed by atoms with Crippen LogP contribution in [0.1, 0.15) is 71.1 Å². The van der Waals surface area contributed by atoms with Gasteiger partial charge in [0.05, 0.1) is 4.86 Å². The number of allylic oxidation sites excluding steroid dienone is 1. The van der Waals surface area contributed by atoms with Crippen molar-refractivity contribution in [2.24, 2.45) is 40.4 Å². The van der Waals surface area contributed by atoms with E-state index in [0.29, 0.717) is 39.9 Å². The van der Waals surface area contributed by atoms with Gasteiger partial charge in [0.2, 0.25) is 0 Å². The Kier molecular flexibility index (Phi) is 3.88. The highest BCUT2D eigenvalue weighted by molar-refractivity contribution is 7.81. The minimum atomic E-state index is 0.195. The summed E-state index contributed by atoms with van der Waals surface area (Å²) in [4.78, 5) is 24.3. The monoisotopic (exact) mass is 370 g/mol. The topological polar surface area (TPSA) is 34.1 Å². The first kappa shape index (κ1) is 17.3. The molecular weight excluding hydrogens is 340 g/mol. The van der Waals surface area contributed by atoms with E-state index in [-0.39, 0.29) is 11.7 Å². The van der Waals surface area contributed by atoms with Gasteiger partial charge in [-0.1, -0.05) is 31.1 Å². The third-order valence-electron chi connectivity index (χ3n) is 9.67. The molecule has 0 aliphatic heterocycles. The van der Waals surface area contributed by atoms with E-state index < -0.39 is 0 Å². The van der Waals surface area contributed by atoms with Crippen LogP contribution in [0.4, 0.5) is 0 Å². The molecule has 2 nitrogen and oxygen atoms in total. The molecule has 4 saturated carbocycles. The largest absolute Gasteiger partial charge is 0.297 e. The third-order valence-corrected chi connectivity index (χ3v) is 10.1. The number of fused-ring (bicyclic) bond motifs is 6. The Morgan fingerprint density at radius 3 is 2.69 bits per heavy atom. The summed E-state index contributed by atoms with van der Waals surface area (Å²) < 4.78 is 0. The Labute approximate surface area is 162 Å². The van der Waals surface area contributed by atoms with E-state index in [0.717, 1.165) is 25.0 Å². The van der Waals surface area contributed by atoms with E-state index in [4.69, 9.17) is 12.2 Å². The molecule has 0 aromatic rings. The summed E-state index contributed by atoms with van der Waals surface area (Å²) in [5.74, 6) is 2.98. The Hall–Kier alpha value is -0.830. The Balaban J connectivity index is 1.55. The molecule has 1 spiro atoms. The molecule has 0 aromatic carbocycles. The van der Waals surface area contributed by atoms with Crippen LogP contribution in [-0.2, 0) is 9.59 Å². The molecule has 5 aliphatic rings. The van der Waals surface area contributed by atoms with Gasteiger partial charge in [-0.25, -0.2) is 0 Å². The van der Waals surface area contributed by atoms with E-state index in [1.54, 1.807) is 0 Å². The highest BCUT2D eigenvalue weighted by Gasteiger charge is 2.65. The predicted molar refractivity (Wildman–Crippen MR) is 106 cm³/mol. The van der Waals surface area contributed by atoms with Crippen LogP contribution >= 0.6 is 12.2 Å². The van der Waals surface area contributed by atoms with Crippen LogP contribution in [-0.4, -0.2) is 16.9 Å². The molecule has 4 fully saturated rings. The number of aldehydes is 1. The van der Waals surface area contributed by atoms with Gasteiger partial charge in [0, 0.05) is 12.3 Å². The predicted octanol–water partition coefficient (Wildman–Crippen LogP) is 5.09. The molecule has 140 valence electrons. The van der Waals surface area contributed by atoms with Gasteiger partial charge in [-0.05, 0) is 91.9 Å². The number of hydrogen-bond donors (Lipinski definition) is 0. The zero-order chi connectivity index (χ0) is 18.1. The number of thiocarbonyl (C=S) groups is 1. The van der Waals surface area contributed by atoms with E-state index in [2.05, 4.69) is 6.92 Å². The molecule has 6 atom stereocenters. The van der Waals surface area contributed by atoms with Gasteiger partial charge in [-0.2, -0.15) is 0 Å². The zero-order valence-electron chi connectivity index (χ0n) is 15.8. The smallest absolute Gasteiger partial charge is 0.157 e. The number of ketones is 1. The molecule has 0 unspecified atom stereocenters. The van der Waals surface area contributed by atoms with Gasteiger partial charge >= 0.3 is 0 Å². The van der Waals surface area contributed by atoms with Crippen molar-refractivity contribution in [3.05, 3.63) is 11.6 Å². The van der Waals surface area contributed by atoms with Gasteiger partial charge in [0.1, 0.15) is 0 Å². The Bertz CT molecular complexity index is 703. The molecule has 0 saturated heterocycles. The first-order valence-electron chi connectivity index (χ1n) is 10.7. The van der Waals surface area contributed by atoms with Gasteiger partial charge < -0.3 is 0 Å². The van der Waals surface area contributed by atoms with Crippen LogP contribution in [0.2, 0.25) is 0 Å². The average molecular weight is 371 g/mol. The van der Waals surface area contributed by atoms with Crippen molar-refractivity contribution in [3.8, 4) is 0 Å².